The van der Waals surface area contributed by atoms with Gasteiger partial charge in [-0.1, -0.05) is 4.13 Å². The molecule has 0 unspecified atom stereocenters. The molecule has 0 aromatic rings. The fourth-order valence-electron chi connectivity index (χ4n) is 1.87. The van der Waals surface area contributed by atoms with E-state index < -0.39 is 45.3 Å². The van der Waals surface area contributed by atoms with E-state index in [9.17, 15) is 51.6 Å². The Balaban J connectivity index is 0.000000525. The molecule has 0 radical (unpaired) electrons. The standard InChI is InChI=1S/C8H17NO3S.C2HF6NO4S2/c10-13(11,12)8-4-3-7-9-5-1-2-6-9;3-1(4,5)14(10,11)9-15(12,13)2(6,7)8/h1-8H2,(H,10,11,12);9H. The molecule has 2 N–H and O–H groups in total. The van der Waals surface area contributed by atoms with E-state index in [4.69, 9.17) is 4.55 Å². The highest BCUT2D eigenvalue weighted by molar-refractivity contribution is 8.05. The molecule has 1 aliphatic rings. The Kier molecular flexibility index (Phi) is 9.63. The lowest BCUT2D eigenvalue weighted by atomic mass is 10.3. The molecule has 9 nitrogen and oxygen atoms in total. The minimum absolute atomic E-state index is 0.0964. The van der Waals surface area contributed by atoms with Crippen molar-refractivity contribution in [3.8, 4) is 0 Å². The first-order valence-corrected chi connectivity index (χ1v) is 11.9. The predicted octanol–water partition coefficient (Wildman–Crippen LogP) is 1.03. The zero-order valence-corrected chi connectivity index (χ0v) is 16.4. The van der Waals surface area contributed by atoms with Crippen LogP contribution in [0.5, 0.6) is 0 Å². The van der Waals surface area contributed by atoms with E-state index in [1.165, 1.54) is 12.8 Å². The summed E-state index contributed by atoms with van der Waals surface area (Å²) < 4.78 is 138. The van der Waals surface area contributed by atoms with Crippen molar-refractivity contribution in [1.82, 2.24) is 9.03 Å². The fraction of sp³-hybridized carbons (Fsp3) is 1.00. The number of nitrogens with one attached hydrogen (secondary N) is 1. The number of alkyl halides is 6. The van der Waals surface area contributed by atoms with Crippen molar-refractivity contribution in [3.05, 3.63) is 0 Å². The van der Waals surface area contributed by atoms with Crippen LogP contribution < -0.4 is 4.13 Å². The van der Waals surface area contributed by atoms with Gasteiger partial charge in [0.15, 0.2) is 0 Å². The molecule has 0 aromatic carbocycles. The van der Waals surface area contributed by atoms with Gasteiger partial charge in [-0.3, -0.25) is 4.55 Å². The van der Waals surface area contributed by atoms with Crippen molar-refractivity contribution in [3.63, 3.8) is 0 Å². The van der Waals surface area contributed by atoms with Crippen LogP contribution in [0.4, 0.5) is 26.3 Å². The highest BCUT2D eigenvalue weighted by Crippen LogP contribution is 2.27. The number of unbranched alkanes of at least 4 members (excludes halogenated alkanes) is 1. The molecule has 1 rings (SSSR count). The third kappa shape index (κ3) is 10.2. The van der Waals surface area contributed by atoms with Gasteiger partial charge >= 0.3 is 31.1 Å². The highest BCUT2D eigenvalue weighted by Gasteiger charge is 2.55. The molecular formula is C10H18F6N2O7S3. The summed E-state index contributed by atoms with van der Waals surface area (Å²) in [5.74, 6) is -0.0964. The summed E-state index contributed by atoms with van der Waals surface area (Å²) in [6.45, 7) is 3.26. The minimum atomic E-state index is -6.60. The number of likely N-dealkylation sites (tertiary alicyclic amines) is 1. The highest BCUT2D eigenvalue weighted by atomic mass is 32.3. The molecule has 18 heteroatoms. The van der Waals surface area contributed by atoms with Gasteiger partial charge in [-0.2, -0.15) is 34.8 Å². The molecule has 170 valence electrons. The molecular weight excluding hydrogens is 470 g/mol. The summed E-state index contributed by atoms with van der Waals surface area (Å²) >= 11 is 0. The van der Waals surface area contributed by atoms with E-state index in [1.807, 2.05) is 0 Å². The average molecular weight is 488 g/mol. The molecule has 1 saturated heterocycles. The van der Waals surface area contributed by atoms with E-state index in [-0.39, 0.29) is 5.75 Å². The van der Waals surface area contributed by atoms with Gasteiger partial charge in [-0.15, -0.1) is 0 Å². The number of sulfonamides is 2. The second-order valence-corrected chi connectivity index (χ2v) is 10.7. The average Bonchev–Trinajstić information content (AvgIpc) is 2.93. The summed E-state index contributed by atoms with van der Waals surface area (Å²) in [5.41, 5.74) is -12.3. The summed E-state index contributed by atoms with van der Waals surface area (Å²) in [5, 5.41) is 0. The molecule has 28 heavy (non-hydrogen) atoms. The first-order valence-electron chi connectivity index (χ1n) is 7.37. The number of rotatable bonds is 7. The normalized spacial score (nSPS) is 17.2. The quantitative estimate of drug-likeness (QED) is 0.308. The molecule has 0 atom stereocenters. The molecule has 1 heterocycles. The van der Waals surface area contributed by atoms with Crippen LogP contribution >= 0.6 is 0 Å². The third-order valence-corrected chi connectivity index (χ3v) is 6.93. The van der Waals surface area contributed by atoms with Crippen LogP contribution in [-0.4, -0.2) is 71.1 Å². The van der Waals surface area contributed by atoms with Crippen LogP contribution in [0.25, 0.3) is 0 Å². The zero-order valence-electron chi connectivity index (χ0n) is 14.0. The molecule has 0 aromatic heterocycles. The van der Waals surface area contributed by atoms with Crippen LogP contribution in [0, 0.1) is 0 Å². The topological polar surface area (TPSA) is 138 Å². The van der Waals surface area contributed by atoms with Gasteiger partial charge in [0.1, 0.15) is 0 Å². The van der Waals surface area contributed by atoms with Crippen LogP contribution in [-0.2, 0) is 30.2 Å². The molecule has 0 bridgehead atoms. The first kappa shape index (κ1) is 27.3. The molecule has 0 amide bonds. The molecule has 0 saturated carbocycles. The Bertz CT molecular complexity index is 757. The van der Waals surface area contributed by atoms with Gasteiger partial charge < -0.3 is 4.90 Å². The van der Waals surface area contributed by atoms with E-state index in [2.05, 4.69) is 4.90 Å². The van der Waals surface area contributed by atoms with Crippen LogP contribution in [0.15, 0.2) is 0 Å². The monoisotopic (exact) mass is 488 g/mol. The van der Waals surface area contributed by atoms with E-state index in [0.717, 1.165) is 26.1 Å². The Labute approximate surface area is 157 Å². The summed E-state index contributed by atoms with van der Waals surface area (Å²) in [7, 11) is -16.9. The van der Waals surface area contributed by atoms with Crippen molar-refractivity contribution < 1.29 is 56.1 Å². The first-order chi connectivity index (χ1) is 12.3. The molecule has 0 aliphatic carbocycles. The number of nitrogens with zero attached hydrogens (tertiary/aromatic N) is 1. The van der Waals surface area contributed by atoms with Crippen molar-refractivity contribution in [2.75, 3.05) is 25.4 Å². The Morgan fingerprint density at radius 2 is 1.18 bits per heavy atom. The summed E-state index contributed by atoms with van der Waals surface area (Å²) in [6.07, 6.45) is 3.95. The van der Waals surface area contributed by atoms with Crippen molar-refractivity contribution in [2.45, 2.75) is 36.7 Å². The zero-order chi connectivity index (χ0) is 22.4. The van der Waals surface area contributed by atoms with Crippen LogP contribution in [0.2, 0.25) is 0 Å². The summed E-state index contributed by atoms with van der Waals surface area (Å²) in [4.78, 5) is 2.34. The van der Waals surface area contributed by atoms with Gasteiger partial charge in [-0.25, -0.2) is 16.8 Å². The Morgan fingerprint density at radius 3 is 1.50 bits per heavy atom. The number of halogens is 6. The van der Waals surface area contributed by atoms with E-state index in [0.29, 0.717) is 6.42 Å². The minimum Gasteiger partial charge on any atom is -0.303 e. The maximum atomic E-state index is 11.5. The molecule has 1 fully saturated rings. The van der Waals surface area contributed by atoms with E-state index >= 15 is 0 Å². The second-order valence-electron chi connectivity index (χ2n) is 5.52. The van der Waals surface area contributed by atoms with Gasteiger partial charge in [0.2, 0.25) is 0 Å². The summed E-state index contributed by atoms with van der Waals surface area (Å²) in [6, 6.07) is 0. The molecule has 0 spiro atoms. The fourth-order valence-corrected chi connectivity index (χ4v) is 4.35. The van der Waals surface area contributed by atoms with Gasteiger partial charge in [-0.05, 0) is 45.3 Å². The van der Waals surface area contributed by atoms with Crippen molar-refractivity contribution >= 4 is 30.2 Å². The van der Waals surface area contributed by atoms with Gasteiger partial charge in [0, 0.05) is 0 Å². The Hall–Kier alpha value is -0.690. The SMILES string of the molecule is O=S(=O)(NS(=O)(=O)C(F)(F)F)C(F)(F)F.O=S(=O)(O)CCCCN1CCCC1. The maximum Gasteiger partial charge on any atom is 0.512 e. The lowest BCUT2D eigenvalue weighted by Crippen LogP contribution is -2.45. The smallest absolute Gasteiger partial charge is 0.303 e. The Morgan fingerprint density at radius 1 is 0.786 bits per heavy atom. The maximum absolute atomic E-state index is 11.5. The second kappa shape index (κ2) is 9.88. The lowest BCUT2D eigenvalue weighted by Gasteiger charge is -2.13. The lowest BCUT2D eigenvalue weighted by molar-refractivity contribution is -0.0476. The van der Waals surface area contributed by atoms with Gasteiger partial charge in [0.05, 0.1) is 5.75 Å². The van der Waals surface area contributed by atoms with Crippen molar-refractivity contribution in [1.29, 1.82) is 0 Å². The third-order valence-electron chi connectivity index (χ3n) is 3.15. The van der Waals surface area contributed by atoms with Crippen LogP contribution in [0.1, 0.15) is 25.7 Å². The predicted molar refractivity (Wildman–Crippen MR) is 84.4 cm³/mol. The molecule has 1 aliphatic heterocycles. The largest absolute Gasteiger partial charge is 0.512 e. The number of hydrogen-bond acceptors (Lipinski definition) is 7. The number of hydrogen-bond donors (Lipinski definition) is 2. The van der Waals surface area contributed by atoms with E-state index in [1.54, 1.807) is 0 Å². The van der Waals surface area contributed by atoms with Crippen molar-refractivity contribution in [2.24, 2.45) is 0 Å². The van der Waals surface area contributed by atoms with Gasteiger partial charge in [0.25, 0.3) is 10.1 Å². The van der Waals surface area contributed by atoms with Crippen LogP contribution in [0.3, 0.4) is 0 Å².